The molecule has 0 heterocycles. The first-order chi connectivity index (χ1) is 8.79. The van der Waals surface area contributed by atoms with E-state index in [9.17, 15) is 8.42 Å². The van der Waals surface area contributed by atoms with Gasteiger partial charge in [0.2, 0.25) is 0 Å². The predicted octanol–water partition coefficient (Wildman–Crippen LogP) is 2.12. The fourth-order valence-corrected chi connectivity index (χ4v) is 3.93. The molecular weight excluding hydrogens is 262 g/mol. The predicted molar refractivity (Wildman–Crippen MR) is 78.9 cm³/mol. The van der Waals surface area contributed by atoms with Crippen LogP contribution in [0.4, 0.5) is 0 Å². The molecule has 0 aliphatic heterocycles. The van der Waals surface area contributed by atoms with Crippen LogP contribution in [0.5, 0.6) is 0 Å². The van der Waals surface area contributed by atoms with E-state index in [2.05, 4.69) is 6.92 Å². The highest BCUT2D eigenvalue weighted by atomic mass is 32.2. The Morgan fingerprint density at radius 1 is 1.47 bits per heavy atom. The second kappa shape index (κ2) is 7.04. The van der Waals surface area contributed by atoms with Crippen LogP contribution in [0.3, 0.4) is 0 Å². The van der Waals surface area contributed by atoms with E-state index in [4.69, 9.17) is 10.5 Å². The summed E-state index contributed by atoms with van der Waals surface area (Å²) in [5, 5.41) is 0. The lowest BCUT2D eigenvalue weighted by molar-refractivity contribution is -0.0940. The van der Waals surface area contributed by atoms with Crippen LogP contribution in [0.15, 0.2) is 0 Å². The van der Waals surface area contributed by atoms with Crippen molar-refractivity contribution in [3.05, 3.63) is 0 Å². The maximum Gasteiger partial charge on any atom is 0.147 e. The van der Waals surface area contributed by atoms with Crippen LogP contribution in [0.1, 0.15) is 52.4 Å². The highest BCUT2D eigenvalue weighted by Gasteiger charge is 2.40. The highest BCUT2D eigenvalue weighted by Crippen LogP contribution is 2.38. The number of rotatable bonds is 7. The molecule has 0 amide bonds. The molecular formula is C14H29NO3S. The fraction of sp³-hybridized carbons (Fsp3) is 1.00. The van der Waals surface area contributed by atoms with Gasteiger partial charge in [-0.3, -0.25) is 0 Å². The van der Waals surface area contributed by atoms with Crippen molar-refractivity contribution in [1.29, 1.82) is 0 Å². The zero-order chi connectivity index (χ0) is 14.5. The first-order valence-electron chi connectivity index (χ1n) is 7.36. The van der Waals surface area contributed by atoms with Gasteiger partial charge in [0.05, 0.1) is 5.60 Å². The normalized spacial score (nSPS) is 30.2. The number of hydrogen-bond donors (Lipinski definition) is 1. The molecule has 1 aliphatic carbocycles. The van der Waals surface area contributed by atoms with Gasteiger partial charge >= 0.3 is 0 Å². The van der Waals surface area contributed by atoms with Crippen molar-refractivity contribution in [3.63, 3.8) is 0 Å². The second-order valence-corrected chi connectivity index (χ2v) is 8.34. The third kappa shape index (κ3) is 5.40. The number of ether oxygens (including phenoxy) is 1. The maximum absolute atomic E-state index is 11.2. The summed E-state index contributed by atoms with van der Waals surface area (Å²) >= 11 is 0. The lowest BCUT2D eigenvalue weighted by Gasteiger charge is -2.44. The van der Waals surface area contributed by atoms with Crippen molar-refractivity contribution in [2.75, 3.05) is 18.6 Å². The number of nitrogens with two attached hydrogens (primary N) is 1. The van der Waals surface area contributed by atoms with E-state index in [0.717, 1.165) is 25.7 Å². The Hall–Kier alpha value is -0.130. The summed E-state index contributed by atoms with van der Waals surface area (Å²) in [5.41, 5.74) is 6.11. The summed E-state index contributed by atoms with van der Waals surface area (Å²) in [6.45, 7) is 4.92. The van der Waals surface area contributed by atoms with Crippen LogP contribution in [-0.2, 0) is 14.6 Å². The average Bonchev–Trinajstić information content (AvgIpc) is 2.27. The monoisotopic (exact) mass is 291 g/mol. The SMILES string of the molecule is CCOC1(C(N)CCCS(C)(=O)=O)CCCC(C)C1. The Morgan fingerprint density at radius 2 is 2.16 bits per heavy atom. The molecule has 0 spiro atoms. The van der Waals surface area contributed by atoms with Gasteiger partial charge in [-0.25, -0.2) is 8.42 Å². The average molecular weight is 291 g/mol. The Kier molecular flexibility index (Phi) is 6.27. The van der Waals surface area contributed by atoms with Gasteiger partial charge in [0, 0.05) is 24.7 Å². The van der Waals surface area contributed by atoms with Crippen molar-refractivity contribution in [2.24, 2.45) is 11.7 Å². The van der Waals surface area contributed by atoms with E-state index in [-0.39, 0.29) is 17.4 Å². The van der Waals surface area contributed by atoms with Gasteiger partial charge in [-0.15, -0.1) is 0 Å². The maximum atomic E-state index is 11.2. The Labute approximate surface area is 118 Å². The molecule has 3 atom stereocenters. The molecule has 1 fully saturated rings. The molecule has 0 aromatic carbocycles. The topological polar surface area (TPSA) is 69.4 Å². The Morgan fingerprint density at radius 3 is 2.68 bits per heavy atom. The van der Waals surface area contributed by atoms with E-state index >= 15 is 0 Å². The van der Waals surface area contributed by atoms with Gasteiger partial charge in [0.1, 0.15) is 9.84 Å². The number of hydrogen-bond acceptors (Lipinski definition) is 4. The summed E-state index contributed by atoms with van der Waals surface area (Å²) in [7, 11) is -2.89. The third-order valence-electron chi connectivity index (χ3n) is 4.13. The standard InChI is InChI=1S/C14H29NO3S/c1-4-18-14(9-5-7-12(2)11-14)13(15)8-6-10-19(3,16)17/h12-13H,4-11,15H2,1-3H3. The summed E-state index contributed by atoms with van der Waals surface area (Å²) in [5.74, 6) is 0.861. The molecule has 0 radical (unpaired) electrons. The minimum absolute atomic E-state index is 0.0584. The first-order valence-corrected chi connectivity index (χ1v) is 9.42. The minimum Gasteiger partial charge on any atom is -0.374 e. The summed E-state index contributed by atoms with van der Waals surface area (Å²) < 4.78 is 28.4. The van der Waals surface area contributed by atoms with Gasteiger partial charge < -0.3 is 10.5 Å². The summed E-state index contributed by atoms with van der Waals surface area (Å²) in [4.78, 5) is 0. The molecule has 4 nitrogen and oxygen atoms in total. The van der Waals surface area contributed by atoms with E-state index in [0.29, 0.717) is 18.9 Å². The summed E-state index contributed by atoms with van der Waals surface area (Å²) in [6.07, 6.45) is 7.03. The third-order valence-corrected chi connectivity index (χ3v) is 5.16. The molecule has 1 saturated carbocycles. The molecule has 0 aromatic rings. The summed E-state index contributed by atoms with van der Waals surface area (Å²) in [6, 6.07) is -0.0584. The fourth-order valence-electron chi connectivity index (χ4n) is 3.23. The van der Waals surface area contributed by atoms with Crippen LogP contribution in [-0.4, -0.2) is 38.7 Å². The quantitative estimate of drug-likeness (QED) is 0.780. The van der Waals surface area contributed by atoms with Gasteiger partial charge in [-0.2, -0.15) is 0 Å². The molecule has 0 aromatic heterocycles. The van der Waals surface area contributed by atoms with Crippen LogP contribution in [0, 0.1) is 5.92 Å². The Bertz CT molecular complexity index is 365. The first kappa shape index (κ1) is 16.9. The van der Waals surface area contributed by atoms with E-state index in [1.54, 1.807) is 0 Å². The van der Waals surface area contributed by atoms with Crippen LogP contribution in [0.25, 0.3) is 0 Å². The van der Waals surface area contributed by atoms with Crippen LogP contribution in [0.2, 0.25) is 0 Å². The molecule has 3 unspecified atom stereocenters. The highest BCUT2D eigenvalue weighted by molar-refractivity contribution is 7.90. The Balaban J connectivity index is 2.59. The van der Waals surface area contributed by atoms with E-state index in [1.165, 1.54) is 12.7 Å². The number of sulfone groups is 1. The van der Waals surface area contributed by atoms with Gasteiger partial charge in [0.25, 0.3) is 0 Å². The van der Waals surface area contributed by atoms with E-state index in [1.807, 2.05) is 6.92 Å². The van der Waals surface area contributed by atoms with Crippen molar-refractivity contribution in [3.8, 4) is 0 Å². The van der Waals surface area contributed by atoms with E-state index < -0.39 is 9.84 Å². The molecule has 0 saturated heterocycles. The zero-order valence-electron chi connectivity index (χ0n) is 12.5. The molecule has 1 rings (SSSR count). The molecule has 1 aliphatic rings. The second-order valence-electron chi connectivity index (χ2n) is 6.08. The molecule has 19 heavy (non-hydrogen) atoms. The zero-order valence-corrected chi connectivity index (χ0v) is 13.3. The minimum atomic E-state index is -2.89. The smallest absolute Gasteiger partial charge is 0.147 e. The van der Waals surface area contributed by atoms with Crippen LogP contribution < -0.4 is 5.73 Å². The molecule has 2 N–H and O–H groups in total. The van der Waals surface area contributed by atoms with Crippen molar-refractivity contribution in [1.82, 2.24) is 0 Å². The van der Waals surface area contributed by atoms with Crippen molar-refractivity contribution < 1.29 is 13.2 Å². The van der Waals surface area contributed by atoms with Crippen molar-refractivity contribution >= 4 is 9.84 Å². The molecule has 5 heteroatoms. The molecule has 114 valence electrons. The van der Waals surface area contributed by atoms with Gasteiger partial charge in [-0.05, 0) is 38.5 Å². The van der Waals surface area contributed by atoms with Gasteiger partial charge in [-0.1, -0.05) is 19.8 Å². The van der Waals surface area contributed by atoms with Gasteiger partial charge in [0.15, 0.2) is 0 Å². The lowest BCUT2D eigenvalue weighted by atomic mass is 9.73. The van der Waals surface area contributed by atoms with Crippen molar-refractivity contribution in [2.45, 2.75) is 64.0 Å². The lowest BCUT2D eigenvalue weighted by Crippen LogP contribution is -2.52. The molecule has 0 bridgehead atoms. The largest absolute Gasteiger partial charge is 0.374 e. The van der Waals surface area contributed by atoms with Crippen LogP contribution >= 0.6 is 0 Å².